The van der Waals surface area contributed by atoms with Crippen LogP contribution in [0.3, 0.4) is 0 Å². The maximum Gasteiger partial charge on any atom is 0.289 e. The standard InChI is InChI=1S/C6H11N3O2/c1-9-6(10)5(7)4(8-9)3-11-2/h8H,3,7H2,1-2H3. The van der Waals surface area contributed by atoms with Crippen LogP contribution in [0.1, 0.15) is 5.69 Å². The lowest BCUT2D eigenvalue weighted by Crippen LogP contribution is -2.14. The predicted octanol–water partition coefficient (Wildman–Crippen LogP) is -0.558. The van der Waals surface area contributed by atoms with Crippen LogP contribution in [0.2, 0.25) is 0 Å². The number of nitrogens with one attached hydrogen (secondary N) is 1. The van der Waals surface area contributed by atoms with Crippen LogP contribution in [0.25, 0.3) is 0 Å². The summed E-state index contributed by atoms with van der Waals surface area (Å²) in [5, 5.41) is 2.77. The van der Waals surface area contributed by atoms with Gasteiger partial charge >= 0.3 is 0 Å². The van der Waals surface area contributed by atoms with Crippen LogP contribution in [-0.2, 0) is 18.4 Å². The van der Waals surface area contributed by atoms with Gasteiger partial charge in [-0.3, -0.25) is 14.6 Å². The van der Waals surface area contributed by atoms with E-state index in [-0.39, 0.29) is 11.2 Å². The molecule has 11 heavy (non-hydrogen) atoms. The molecule has 1 aromatic rings. The van der Waals surface area contributed by atoms with Crippen LogP contribution in [0, 0.1) is 0 Å². The maximum atomic E-state index is 11.0. The van der Waals surface area contributed by atoms with E-state index in [1.54, 1.807) is 14.2 Å². The Labute approximate surface area is 63.7 Å². The van der Waals surface area contributed by atoms with Crippen LogP contribution in [-0.4, -0.2) is 16.9 Å². The van der Waals surface area contributed by atoms with Crippen LogP contribution in [0.15, 0.2) is 4.79 Å². The van der Waals surface area contributed by atoms with E-state index < -0.39 is 0 Å². The molecule has 0 radical (unpaired) electrons. The molecule has 1 rings (SSSR count). The van der Waals surface area contributed by atoms with Crippen molar-refractivity contribution in [2.24, 2.45) is 7.05 Å². The number of nitrogens with zero attached hydrogens (tertiary/aromatic N) is 1. The second-order valence-electron chi connectivity index (χ2n) is 2.30. The monoisotopic (exact) mass is 157 g/mol. The van der Waals surface area contributed by atoms with Crippen molar-refractivity contribution >= 4 is 5.69 Å². The fraction of sp³-hybridized carbons (Fsp3) is 0.500. The van der Waals surface area contributed by atoms with E-state index in [0.717, 1.165) is 0 Å². The van der Waals surface area contributed by atoms with Crippen molar-refractivity contribution in [3.8, 4) is 0 Å². The highest BCUT2D eigenvalue weighted by atomic mass is 16.5. The second kappa shape index (κ2) is 2.79. The van der Waals surface area contributed by atoms with Gasteiger partial charge in [0.25, 0.3) is 5.56 Å². The number of aromatic amines is 1. The quantitative estimate of drug-likeness (QED) is 0.604. The number of ether oxygens (including phenoxy) is 1. The van der Waals surface area contributed by atoms with Crippen molar-refractivity contribution in [3.63, 3.8) is 0 Å². The molecule has 0 aliphatic heterocycles. The third-order valence-corrected chi connectivity index (χ3v) is 1.45. The van der Waals surface area contributed by atoms with E-state index >= 15 is 0 Å². The van der Waals surface area contributed by atoms with Gasteiger partial charge in [-0.05, 0) is 0 Å². The van der Waals surface area contributed by atoms with Crippen molar-refractivity contribution < 1.29 is 4.74 Å². The molecule has 0 amide bonds. The molecule has 0 spiro atoms. The number of methoxy groups -OCH3 is 1. The highest BCUT2D eigenvalue weighted by molar-refractivity contribution is 5.39. The first-order valence-electron chi connectivity index (χ1n) is 3.19. The topological polar surface area (TPSA) is 73.0 Å². The number of nitrogen functional groups attached to an aromatic ring is 1. The van der Waals surface area contributed by atoms with Gasteiger partial charge in [-0.2, -0.15) is 0 Å². The van der Waals surface area contributed by atoms with Crippen molar-refractivity contribution in [1.82, 2.24) is 9.78 Å². The molecule has 0 saturated heterocycles. The second-order valence-corrected chi connectivity index (χ2v) is 2.30. The predicted molar refractivity (Wildman–Crippen MR) is 41.2 cm³/mol. The molecule has 1 aromatic heterocycles. The lowest BCUT2D eigenvalue weighted by atomic mass is 10.4. The Morgan fingerprint density at radius 2 is 2.36 bits per heavy atom. The number of anilines is 1. The third kappa shape index (κ3) is 1.27. The average Bonchev–Trinajstić information content (AvgIpc) is 2.19. The van der Waals surface area contributed by atoms with Gasteiger partial charge in [-0.25, -0.2) is 0 Å². The number of aromatic nitrogens is 2. The van der Waals surface area contributed by atoms with Crippen molar-refractivity contribution in [3.05, 3.63) is 16.0 Å². The number of hydrogen-bond acceptors (Lipinski definition) is 3. The fourth-order valence-corrected chi connectivity index (χ4v) is 0.878. The van der Waals surface area contributed by atoms with Crippen LogP contribution in [0.4, 0.5) is 5.69 Å². The minimum Gasteiger partial charge on any atom is -0.393 e. The molecule has 1 heterocycles. The largest absolute Gasteiger partial charge is 0.393 e. The molecule has 0 unspecified atom stereocenters. The summed E-state index contributed by atoms with van der Waals surface area (Å²) < 4.78 is 6.14. The summed E-state index contributed by atoms with van der Waals surface area (Å²) in [6.45, 7) is 0.335. The molecule has 3 N–H and O–H groups in total. The van der Waals surface area contributed by atoms with Gasteiger partial charge in [0.15, 0.2) is 0 Å². The van der Waals surface area contributed by atoms with E-state index in [2.05, 4.69) is 5.10 Å². The minimum atomic E-state index is -0.211. The summed E-state index contributed by atoms with van der Waals surface area (Å²) in [7, 11) is 3.16. The first kappa shape index (κ1) is 7.87. The van der Waals surface area contributed by atoms with E-state index in [9.17, 15) is 4.79 Å². The number of aryl methyl sites for hydroxylation is 1. The zero-order valence-corrected chi connectivity index (χ0v) is 6.55. The lowest BCUT2D eigenvalue weighted by Gasteiger charge is -1.94. The first-order chi connectivity index (χ1) is 5.16. The maximum absolute atomic E-state index is 11.0. The van der Waals surface area contributed by atoms with Gasteiger partial charge in [-0.1, -0.05) is 0 Å². The highest BCUT2D eigenvalue weighted by Gasteiger charge is 2.06. The molecule has 5 heteroatoms. The first-order valence-corrected chi connectivity index (χ1v) is 3.19. The Hall–Kier alpha value is -1.23. The van der Waals surface area contributed by atoms with E-state index in [1.165, 1.54) is 4.68 Å². The molecule has 62 valence electrons. The molecule has 5 nitrogen and oxygen atoms in total. The SMILES string of the molecule is COCc1[nH]n(C)c(=O)c1N. The number of rotatable bonds is 2. The molecule has 0 fully saturated rings. The van der Waals surface area contributed by atoms with Gasteiger partial charge in [0, 0.05) is 14.2 Å². The van der Waals surface area contributed by atoms with Crippen LogP contribution >= 0.6 is 0 Å². The number of hydrogen-bond donors (Lipinski definition) is 2. The van der Waals surface area contributed by atoms with Gasteiger partial charge < -0.3 is 10.5 Å². The van der Waals surface area contributed by atoms with Crippen LogP contribution < -0.4 is 11.3 Å². The van der Waals surface area contributed by atoms with Crippen molar-refractivity contribution in [1.29, 1.82) is 0 Å². The molecule has 0 atom stereocenters. The molecular formula is C6H11N3O2. The minimum absolute atomic E-state index is 0.211. The summed E-state index contributed by atoms with van der Waals surface area (Å²) in [6.07, 6.45) is 0. The molecule has 0 aliphatic rings. The molecule has 0 aromatic carbocycles. The Balaban J connectivity index is 3.08. The average molecular weight is 157 g/mol. The lowest BCUT2D eigenvalue weighted by molar-refractivity contribution is 0.181. The highest BCUT2D eigenvalue weighted by Crippen LogP contribution is 2.02. The molecule has 0 bridgehead atoms. The Kier molecular flexibility index (Phi) is 2.00. The van der Waals surface area contributed by atoms with Crippen molar-refractivity contribution in [2.45, 2.75) is 6.61 Å². The third-order valence-electron chi connectivity index (χ3n) is 1.45. The summed E-state index contributed by atoms with van der Waals surface area (Å²) >= 11 is 0. The molecule has 0 aliphatic carbocycles. The van der Waals surface area contributed by atoms with Gasteiger partial charge in [0.1, 0.15) is 5.69 Å². The number of H-pyrrole nitrogens is 1. The van der Waals surface area contributed by atoms with Gasteiger partial charge in [0.05, 0.1) is 12.3 Å². The summed E-state index contributed by atoms with van der Waals surface area (Å²) in [4.78, 5) is 11.0. The Morgan fingerprint density at radius 3 is 2.73 bits per heavy atom. The Morgan fingerprint density at radius 1 is 1.73 bits per heavy atom. The summed E-state index contributed by atoms with van der Waals surface area (Å²) in [6, 6.07) is 0. The zero-order valence-electron chi connectivity index (χ0n) is 6.55. The summed E-state index contributed by atoms with van der Waals surface area (Å²) in [5.41, 5.74) is 6.09. The molecule has 0 saturated carbocycles. The van der Waals surface area contributed by atoms with E-state index in [0.29, 0.717) is 12.3 Å². The van der Waals surface area contributed by atoms with Gasteiger partial charge in [0.2, 0.25) is 0 Å². The van der Waals surface area contributed by atoms with Crippen molar-refractivity contribution in [2.75, 3.05) is 12.8 Å². The fourth-order valence-electron chi connectivity index (χ4n) is 0.878. The summed E-state index contributed by atoms with van der Waals surface area (Å²) in [5.74, 6) is 0. The van der Waals surface area contributed by atoms with E-state index in [4.69, 9.17) is 10.5 Å². The zero-order chi connectivity index (χ0) is 8.43. The van der Waals surface area contributed by atoms with E-state index in [1.807, 2.05) is 0 Å². The normalized spacial score (nSPS) is 10.4. The van der Waals surface area contributed by atoms with Crippen LogP contribution in [0.5, 0.6) is 0 Å². The smallest absolute Gasteiger partial charge is 0.289 e. The van der Waals surface area contributed by atoms with Gasteiger partial charge in [-0.15, -0.1) is 0 Å². The number of nitrogens with two attached hydrogens (primary N) is 1. The molecular weight excluding hydrogens is 146 g/mol. The Bertz CT molecular complexity index is 299.